The zero-order valence-electron chi connectivity index (χ0n) is 7.97. The van der Waals surface area contributed by atoms with Crippen LogP contribution in [0.4, 0.5) is 0 Å². The fraction of sp³-hybridized carbons (Fsp3) is 1.00. The number of ether oxygens (including phenoxy) is 2. The largest absolute Gasteiger partial charge is 0.385 e. The van der Waals surface area contributed by atoms with E-state index in [1.54, 1.807) is 7.11 Å². The molecule has 0 aliphatic carbocycles. The van der Waals surface area contributed by atoms with Crippen LogP contribution in [0.15, 0.2) is 0 Å². The van der Waals surface area contributed by atoms with Crippen molar-refractivity contribution >= 4 is 0 Å². The molecule has 1 N–H and O–H groups in total. The van der Waals surface area contributed by atoms with Crippen LogP contribution in [0.5, 0.6) is 0 Å². The van der Waals surface area contributed by atoms with E-state index in [-0.39, 0.29) is 0 Å². The van der Waals surface area contributed by atoms with Gasteiger partial charge >= 0.3 is 0 Å². The zero-order chi connectivity index (χ0) is 9.07. The molecule has 0 aromatic carbocycles. The molecule has 0 aromatic rings. The van der Waals surface area contributed by atoms with Gasteiger partial charge in [-0.3, -0.25) is 0 Å². The molecule has 4 nitrogen and oxygen atoms in total. The van der Waals surface area contributed by atoms with Crippen molar-refractivity contribution in [3.63, 3.8) is 0 Å². The van der Waals surface area contributed by atoms with E-state index >= 15 is 0 Å². The van der Waals surface area contributed by atoms with Gasteiger partial charge in [-0.15, -0.1) is 0 Å². The first kappa shape index (κ1) is 11.8. The first-order valence-electron chi connectivity index (χ1n) is 4.33. The predicted octanol–water partition coefficient (Wildman–Crippen LogP) is 0.581. The fourth-order valence-corrected chi connectivity index (χ4v) is 0.695. The smallest absolute Gasteiger partial charge is 0.0653 e. The van der Waals surface area contributed by atoms with Crippen LogP contribution in [-0.4, -0.2) is 40.1 Å². The summed E-state index contributed by atoms with van der Waals surface area (Å²) in [5.41, 5.74) is 2.77. The highest BCUT2D eigenvalue weighted by Crippen LogP contribution is 1.82. The Hall–Kier alpha value is -0.160. The van der Waals surface area contributed by atoms with E-state index in [1.807, 2.05) is 6.92 Å². The Kier molecular flexibility index (Phi) is 10.7. The Labute approximate surface area is 74.1 Å². The van der Waals surface area contributed by atoms with Gasteiger partial charge in [0.05, 0.1) is 13.2 Å². The lowest BCUT2D eigenvalue weighted by Crippen LogP contribution is -2.20. The van der Waals surface area contributed by atoms with Crippen molar-refractivity contribution in [2.75, 3.05) is 40.1 Å². The van der Waals surface area contributed by atoms with Crippen molar-refractivity contribution in [3.8, 4) is 0 Å². The minimum absolute atomic E-state index is 0.684. The van der Waals surface area contributed by atoms with Crippen molar-refractivity contribution in [2.24, 2.45) is 0 Å². The Balaban J connectivity index is 2.73. The maximum absolute atomic E-state index is 5.26. The Morgan fingerprint density at radius 1 is 1.17 bits per heavy atom. The van der Waals surface area contributed by atoms with Gasteiger partial charge in [0, 0.05) is 26.9 Å². The monoisotopic (exact) mass is 177 g/mol. The molecule has 0 rings (SSSR count). The molecular formula is C8H19NO3. The summed E-state index contributed by atoms with van der Waals surface area (Å²) in [4.78, 5) is 4.91. The summed E-state index contributed by atoms with van der Waals surface area (Å²) in [5.74, 6) is 0. The molecule has 0 saturated carbocycles. The Morgan fingerprint density at radius 3 is 2.67 bits per heavy atom. The molecule has 0 aromatic heterocycles. The van der Waals surface area contributed by atoms with Gasteiger partial charge in [0.2, 0.25) is 0 Å². The van der Waals surface area contributed by atoms with Crippen LogP contribution in [0.25, 0.3) is 0 Å². The van der Waals surface area contributed by atoms with E-state index in [4.69, 9.17) is 14.3 Å². The Morgan fingerprint density at radius 2 is 2.00 bits per heavy atom. The molecule has 0 unspecified atom stereocenters. The van der Waals surface area contributed by atoms with E-state index in [9.17, 15) is 0 Å². The van der Waals surface area contributed by atoms with Crippen molar-refractivity contribution in [1.29, 1.82) is 0 Å². The summed E-state index contributed by atoms with van der Waals surface area (Å²) in [5, 5.41) is 0. The third kappa shape index (κ3) is 9.84. The number of hydrogen-bond donors (Lipinski definition) is 1. The van der Waals surface area contributed by atoms with E-state index in [2.05, 4.69) is 5.48 Å². The van der Waals surface area contributed by atoms with Crippen molar-refractivity contribution < 1.29 is 14.3 Å². The molecule has 12 heavy (non-hydrogen) atoms. The van der Waals surface area contributed by atoms with E-state index in [0.717, 1.165) is 26.2 Å². The Bertz CT molecular complexity index is 70.7. The molecule has 0 spiro atoms. The summed E-state index contributed by atoms with van der Waals surface area (Å²) in [7, 11) is 1.69. The quantitative estimate of drug-likeness (QED) is 0.413. The van der Waals surface area contributed by atoms with Gasteiger partial charge in [-0.2, -0.15) is 0 Å². The molecule has 74 valence electrons. The summed E-state index contributed by atoms with van der Waals surface area (Å²) >= 11 is 0. The molecule has 0 radical (unpaired) electrons. The van der Waals surface area contributed by atoms with Gasteiger partial charge in [-0.25, -0.2) is 5.48 Å². The number of methoxy groups -OCH3 is 1. The van der Waals surface area contributed by atoms with Gasteiger partial charge in [0.15, 0.2) is 0 Å². The molecule has 0 atom stereocenters. The predicted molar refractivity (Wildman–Crippen MR) is 46.9 cm³/mol. The first-order chi connectivity index (χ1) is 5.91. The van der Waals surface area contributed by atoms with Crippen LogP contribution in [0.3, 0.4) is 0 Å². The number of nitrogens with one attached hydrogen (secondary N) is 1. The summed E-state index contributed by atoms with van der Waals surface area (Å²) in [6, 6.07) is 0. The topological polar surface area (TPSA) is 39.7 Å². The maximum Gasteiger partial charge on any atom is 0.0653 e. The molecule has 0 aliphatic rings. The third-order valence-corrected chi connectivity index (χ3v) is 1.23. The molecule has 0 saturated heterocycles. The number of hydrogen-bond acceptors (Lipinski definition) is 4. The molecule has 4 heteroatoms. The van der Waals surface area contributed by atoms with Crippen molar-refractivity contribution in [2.45, 2.75) is 13.3 Å². The standard InChI is InChI=1S/C8H19NO3/c1-3-12-9-5-8-11-7-4-6-10-2/h9H,3-8H2,1-2H3. The highest BCUT2D eigenvalue weighted by Gasteiger charge is 1.88. The van der Waals surface area contributed by atoms with Gasteiger partial charge < -0.3 is 14.3 Å². The summed E-state index contributed by atoms with van der Waals surface area (Å²) in [6.07, 6.45) is 0.950. The number of hydroxylamine groups is 1. The van der Waals surface area contributed by atoms with Gasteiger partial charge in [-0.1, -0.05) is 0 Å². The average Bonchev–Trinajstić information content (AvgIpc) is 2.10. The van der Waals surface area contributed by atoms with Crippen LogP contribution >= 0.6 is 0 Å². The van der Waals surface area contributed by atoms with Crippen molar-refractivity contribution in [1.82, 2.24) is 5.48 Å². The van der Waals surface area contributed by atoms with Crippen LogP contribution in [0, 0.1) is 0 Å². The minimum Gasteiger partial charge on any atom is -0.385 e. The zero-order valence-corrected chi connectivity index (χ0v) is 7.97. The summed E-state index contributed by atoms with van der Waals surface area (Å²) < 4.78 is 10.1. The molecule has 0 amide bonds. The first-order valence-corrected chi connectivity index (χ1v) is 4.33. The SMILES string of the molecule is CCONCCOCCCOC. The molecule has 0 heterocycles. The van der Waals surface area contributed by atoms with E-state index < -0.39 is 0 Å². The second-order valence-corrected chi connectivity index (χ2v) is 2.29. The average molecular weight is 177 g/mol. The van der Waals surface area contributed by atoms with Gasteiger partial charge in [-0.05, 0) is 13.3 Å². The second kappa shape index (κ2) is 10.8. The van der Waals surface area contributed by atoms with E-state index in [0.29, 0.717) is 13.2 Å². The van der Waals surface area contributed by atoms with Crippen LogP contribution in [0.2, 0.25) is 0 Å². The minimum atomic E-state index is 0.684. The summed E-state index contributed by atoms with van der Waals surface area (Å²) in [6.45, 7) is 5.56. The molecule has 0 fully saturated rings. The fourth-order valence-electron chi connectivity index (χ4n) is 0.695. The van der Waals surface area contributed by atoms with Crippen LogP contribution in [0.1, 0.15) is 13.3 Å². The lowest BCUT2D eigenvalue weighted by molar-refractivity contribution is 0.0248. The van der Waals surface area contributed by atoms with Crippen molar-refractivity contribution in [3.05, 3.63) is 0 Å². The van der Waals surface area contributed by atoms with Crippen LogP contribution < -0.4 is 5.48 Å². The maximum atomic E-state index is 5.26. The van der Waals surface area contributed by atoms with E-state index in [1.165, 1.54) is 0 Å². The highest BCUT2D eigenvalue weighted by atomic mass is 16.6. The lowest BCUT2D eigenvalue weighted by atomic mass is 10.5. The second-order valence-electron chi connectivity index (χ2n) is 2.29. The third-order valence-electron chi connectivity index (χ3n) is 1.23. The van der Waals surface area contributed by atoms with Gasteiger partial charge in [0.25, 0.3) is 0 Å². The lowest BCUT2D eigenvalue weighted by Gasteiger charge is -2.04. The molecular weight excluding hydrogens is 158 g/mol. The molecule has 0 bridgehead atoms. The van der Waals surface area contributed by atoms with Crippen LogP contribution in [-0.2, 0) is 14.3 Å². The molecule has 0 aliphatic heterocycles. The highest BCUT2D eigenvalue weighted by molar-refractivity contribution is 4.35. The van der Waals surface area contributed by atoms with Gasteiger partial charge in [0.1, 0.15) is 0 Å². The number of rotatable bonds is 9. The normalized spacial score (nSPS) is 10.5.